The van der Waals surface area contributed by atoms with Gasteiger partial charge in [0.1, 0.15) is 11.5 Å². The molecule has 6 nitrogen and oxygen atoms in total. The van der Waals surface area contributed by atoms with Gasteiger partial charge >= 0.3 is 0 Å². The molecule has 6 heteroatoms. The van der Waals surface area contributed by atoms with Gasteiger partial charge in [-0.3, -0.25) is 9.59 Å². The van der Waals surface area contributed by atoms with E-state index in [0.717, 1.165) is 18.4 Å². The minimum atomic E-state index is -0.282. The molecule has 0 spiro atoms. The molecule has 2 aromatic carbocycles. The Bertz CT molecular complexity index is 855. The van der Waals surface area contributed by atoms with Crippen LogP contribution < -0.4 is 20.1 Å². The van der Waals surface area contributed by atoms with Gasteiger partial charge in [-0.2, -0.15) is 0 Å². The number of amides is 2. The van der Waals surface area contributed by atoms with Crippen LogP contribution in [0, 0.1) is 0 Å². The molecule has 0 aliphatic heterocycles. The van der Waals surface area contributed by atoms with Gasteiger partial charge in [0, 0.05) is 28.9 Å². The van der Waals surface area contributed by atoms with Gasteiger partial charge in [-0.05, 0) is 61.4 Å². The first-order valence-electron chi connectivity index (χ1n) is 8.71. The molecule has 0 saturated heterocycles. The van der Waals surface area contributed by atoms with Gasteiger partial charge in [0.15, 0.2) is 0 Å². The molecular weight excluding hydrogens is 344 g/mol. The third kappa shape index (κ3) is 5.10. The van der Waals surface area contributed by atoms with Crippen LogP contribution in [-0.4, -0.2) is 32.1 Å². The Labute approximate surface area is 158 Å². The monoisotopic (exact) mass is 366 g/mol. The summed E-state index contributed by atoms with van der Waals surface area (Å²) in [5, 5.41) is 5.70. The second kappa shape index (κ2) is 8.40. The summed E-state index contributed by atoms with van der Waals surface area (Å²) < 4.78 is 10.5. The van der Waals surface area contributed by atoms with Crippen molar-refractivity contribution in [1.29, 1.82) is 0 Å². The molecule has 1 aliphatic carbocycles. The van der Waals surface area contributed by atoms with Gasteiger partial charge in [0.25, 0.3) is 5.91 Å². The van der Waals surface area contributed by atoms with Gasteiger partial charge in [0.2, 0.25) is 5.91 Å². The third-order valence-corrected chi connectivity index (χ3v) is 4.18. The molecule has 0 aromatic heterocycles. The molecule has 2 N–H and O–H groups in total. The molecule has 0 heterocycles. The summed E-state index contributed by atoms with van der Waals surface area (Å²) in [6, 6.07) is 12.5. The Morgan fingerprint density at radius 2 is 1.78 bits per heavy atom. The van der Waals surface area contributed by atoms with Gasteiger partial charge in [-0.25, -0.2) is 0 Å². The fraction of sp³-hybridized carbons (Fsp3) is 0.238. The third-order valence-electron chi connectivity index (χ3n) is 4.18. The molecule has 2 amide bonds. The number of ether oxygens (including phenoxy) is 2. The van der Waals surface area contributed by atoms with E-state index in [2.05, 4.69) is 10.6 Å². The maximum Gasteiger partial charge on any atom is 0.251 e. The van der Waals surface area contributed by atoms with Crippen molar-refractivity contribution in [2.45, 2.75) is 18.9 Å². The van der Waals surface area contributed by atoms with Crippen LogP contribution in [0.3, 0.4) is 0 Å². The van der Waals surface area contributed by atoms with E-state index in [4.69, 9.17) is 9.47 Å². The van der Waals surface area contributed by atoms with Crippen molar-refractivity contribution in [1.82, 2.24) is 5.32 Å². The molecule has 0 bridgehead atoms. The second-order valence-electron chi connectivity index (χ2n) is 6.26. The maximum atomic E-state index is 12.2. The van der Waals surface area contributed by atoms with E-state index in [1.807, 2.05) is 0 Å². The number of nitrogens with one attached hydrogen (secondary N) is 2. The smallest absolute Gasteiger partial charge is 0.251 e. The minimum absolute atomic E-state index is 0.0830. The van der Waals surface area contributed by atoms with E-state index >= 15 is 0 Å². The first-order chi connectivity index (χ1) is 13.1. The Kier molecular flexibility index (Phi) is 5.76. The van der Waals surface area contributed by atoms with Crippen molar-refractivity contribution in [3.63, 3.8) is 0 Å². The normalized spacial score (nSPS) is 13.3. The average Bonchev–Trinajstić information content (AvgIpc) is 3.50. The summed E-state index contributed by atoms with van der Waals surface area (Å²) in [4.78, 5) is 24.1. The fourth-order valence-electron chi connectivity index (χ4n) is 2.52. The van der Waals surface area contributed by atoms with Crippen molar-refractivity contribution in [3.05, 3.63) is 59.7 Å². The minimum Gasteiger partial charge on any atom is -0.497 e. The largest absolute Gasteiger partial charge is 0.497 e. The topological polar surface area (TPSA) is 76.7 Å². The van der Waals surface area contributed by atoms with E-state index in [1.54, 1.807) is 62.8 Å². The molecule has 0 atom stereocenters. The lowest BCUT2D eigenvalue weighted by molar-refractivity contribution is -0.111. The number of methoxy groups -OCH3 is 2. The number of hydrogen-bond donors (Lipinski definition) is 2. The highest BCUT2D eigenvalue weighted by Gasteiger charge is 2.23. The summed E-state index contributed by atoms with van der Waals surface area (Å²) in [6.45, 7) is 0. The summed E-state index contributed by atoms with van der Waals surface area (Å²) in [5.41, 5.74) is 1.93. The zero-order valence-electron chi connectivity index (χ0n) is 15.3. The number of benzene rings is 2. The first kappa shape index (κ1) is 18.5. The predicted molar refractivity (Wildman–Crippen MR) is 104 cm³/mol. The van der Waals surface area contributed by atoms with Crippen molar-refractivity contribution >= 4 is 23.6 Å². The van der Waals surface area contributed by atoms with Crippen molar-refractivity contribution in [2.75, 3.05) is 19.5 Å². The zero-order chi connectivity index (χ0) is 19.2. The zero-order valence-corrected chi connectivity index (χ0v) is 15.3. The van der Waals surface area contributed by atoms with Crippen LogP contribution in [0.1, 0.15) is 28.8 Å². The van der Waals surface area contributed by atoms with Gasteiger partial charge in [-0.15, -0.1) is 0 Å². The van der Waals surface area contributed by atoms with E-state index in [1.165, 1.54) is 6.08 Å². The molecule has 1 saturated carbocycles. The lowest BCUT2D eigenvalue weighted by Gasteiger charge is -2.07. The fourth-order valence-corrected chi connectivity index (χ4v) is 2.52. The van der Waals surface area contributed by atoms with Crippen molar-refractivity contribution in [3.8, 4) is 11.5 Å². The molecule has 1 fully saturated rings. The van der Waals surface area contributed by atoms with E-state index in [9.17, 15) is 9.59 Å². The Balaban J connectivity index is 1.61. The van der Waals surface area contributed by atoms with Crippen LogP contribution in [0.4, 0.5) is 5.69 Å². The Hall–Kier alpha value is -3.28. The molecule has 0 radical (unpaired) electrons. The lowest BCUT2D eigenvalue weighted by atomic mass is 10.1. The summed E-state index contributed by atoms with van der Waals surface area (Å²) in [6.07, 6.45) is 5.17. The highest BCUT2D eigenvalue weighted by atomic mass is 16.5. The molecular formula is C21H22N2O4. The van der Waals surface area contributed by atoms with Crippen LogP contribution in [0.25, 0.3) is 6.08 Å². The highest BCUT2D eigenvalue weighted by Crippen LogP contribution is 2.25. The first-order valence-corrected chi connectivity index (χ1v) is 8.71. The van der Waals surface area contributed by atoms with Gasteiger partial charge in [0.05, 0.1) is 14.2 Å². The van der Waals surface area contributed by atoms with Gasteiger partial charge < -0.3 is 20.1 Å². The quantitative estimate of drug-likeness (QED) is 0.738. The molecule has 3 rings (SSSR count). The molecule has 0 unspecified atom stereocenters. The molecule has 140 valence electrons. The number of anilines is 1. The standard InChI is InChI=1S/C21H22N2O4/c1-26-18-10-11-19(27-2)15(13-18)5-12-20(24)22-16-6-3-14(4-7-16)21(25)23-17-8-9-17/h3-7,10-13,17H,8-9H2,1-2H3,(H,22,24)(H,23,25)/b12-5+. The number of carbonyl (C=O) groups excluding carboxylic acids is 2. The van der Waals surface area contributed by atoms with Gasteiger partial charge in [-0.1, -0.05) is 0 Å². The predicted octanol–water partition coefficient (Wildman–Crippen LogP) is 3.25. The summed E-state index contributed by atoms with van der Waals surface area (Å²) >= 11 is 0. The lowest BCUT2D eigenvalue weighted by Crippen LogP contribution is -2.25. The average molecular weight is 366 g/mol. The van der Waals surface area contributed by atoms with Crippen LogP contribution in [0.15, 0.2) is 48.5 Å². The van der Waals surface area contributed by atoms with Crippen LogP contribution in [0.2, 0.25) is 0 Å². The van der Waals surface area contributed by atoms with E-state index in [0.29, 0.717) is 28.8 Å². The molecule has 2 aromatic rings. The maximum absolute atomic E-state index is 12.2. The van der Waals surface area contributed by atoms with Crippen molar-refractivity contribution in [2.24, 2.45) is 0 Å². The van der Waals surface area contributed by atoms with E-state index in [-0.39, 0.29) is 11.8 Å². The number of carbonyl (C=O) groups is 2. The van der Waals surface area contributed by atoms with E-state index < -0.39 is 0 Å². The van der Waals surface area contributed by atoms with Crippen molar-refractivity contribution < 1.29 is 19.1 Å². The van der Waals surface area contributed by atoms with Crippen LogP contribution >= 0.6 is 0 Å². The second-order valence-corrected chi connectivity index (χ2v) is 6.26. The number of hydrogen-bond acceptors (Lipinski definition) is 4. The summed E-state index contributed by atoms with van der Waals surface area (Å²) in [5.74, 6) is 0.956. The number of rotatable bonds is 7. The SMILES string of the molecule is COc1ccc(OC)c(/C=C/C(=O)Nc2ccc(C(=O)NC3CC3)cc2)c1. The van der Waals surface area contributed by atoms with Crippen LogP contribution in [-0.2, 0) is 4.79 Å². The molecule has 27 heavy (non-hydrogen) atoms. The Morgan fingerprint density at radius 3 is 2.41 bits per heavy atom. The summed E-state index contributed by atoms with van der Waals surface area (Å²) in [7, 11) is 3.15. The highest BCUT2D eigenvalue weighted by molar-refractivity contribution is 6.02. The Morgan fingerprint density at radius 1 is 1.04 bits per heavy atom. The van der Waals surface area contributed by atoms with Crippen LogP contribution in [0.5, 0.6) is 11.5 Å². The molecule has 1 aliphatic rings.